The number of aryl methyl sites for hydroxylation is 1. The molecule has 1 aromatic rings. The summed E-state index contributed by atoms with van der Waals surface area (Å²) in [6.07, 6.45) is 3.54. The SMILES string of the molecule is CCNC(=NCC(c1ccc(C)s1)N1CCOCC1)NCCCOCC1CCCO1. The van der Waals surface area contributed by atoms with Crippen molar-refractivity contribution in [3.63, 3.8) is 0 Å². The van der Waals surface area contributed by atoms with E-state index in [1.807, 2.05) is 11.3 Å². The van der Waals surface area contributed by atoms with Gasteiger partial charge in [-0.1, -0.05) is 0 Å². The van der Waals surface area contributed by atoms with Crippen LogP contribution in [0.15, 0.2) is 17.1 Å². The fraction of sp³-hybridized carbons (Fsp3) is 0.773. The summed E-state index contributed by atoms with van der Waals surface area (Å²) in [6, 6.07) is 4.76. The number of ether oxygens (including phenoxy) is 3. The first-order valence-electron chi connectivity index (χ1n) is 11.4. The van der Waals surface area contributed by atoms with E-state index in [0.717, 1.165) is 91.0 Å². The van der Waals surface area contributed by atoms with E-state index in [4.69, 9.17) is 19.2 Å². The maximum absolute atomic E-state index is 5.75. The van der Waals surface area contributed by atoms with Crippen molar-refractivity contribution in [3.8, 4) is 0 Å². The molecular formula is C22H38N4O3S. The van der Waals surface area contributed by atoms with Gasteiger partial charge in [0.1, 0.15) is 0 Å². The Morgan fingerprint density at radius 1 is 1.30 bits per heavy atom. The highest BCUT2D eigenvalue weighted by atomic mass is 32.1. The predicted molar refractivity (Wildman–Crippen MR) is 123 cm³/mol. The summed E-state index contributed by atoms with van der Waals surface area (Å²) in [5, 5.41) is 6.82. The van der Waals surface area contributed by atoms with Gasteiger partial charge < -0.3 is 24.8 Å². The topological polar surface area (TPSA) is 67.4 Å². The van der Waals surface area contributed by atoms with Crippen LogP contribution in [0.3, 0.4) is 0 Å². The number of thiophene rings is 1. The van der Waals surface area contributed by atoms with Crippen molar-refractivity contribution < 1.29 is 14.2 Å². The minimum atomic E-state index is 0.301. The number of hydrogen-bond acceptors (Lipinski definition) is 6. The van der Waals surface area contributed by atoms with Gasteiger partial charge in [-0.2, -0.15) is 0 Å². The Kier molecular flexibility index (Phi) is 10.4. The Bertz CT molecular complexity index is 628. The molecule has 0 amide bonds. The summed E-state index contributed by atoms with van der Waals surface area (Å²) in [7, 11) is 0. The second-order valence-corrected chi connectivity index (χ2v) is 9.14. The minimum absolute atomic E-state index is 0.301. The third-order valence-electron chi connectivity index (χ3n) is 5.43. The lowest BCUT2D eigenvalue weighted by Crippen LogP contribution is -2.41. The highest BCUT2D eigenvalue weighted by Gasteiger charge is 2.23. The molecule has 0 spiro atoms. The first-order valence-corrected chi connectivity index (χ1v) is 12.2. The van der Waals surface area contributed by atoms with E-state index < -0.39 is 0 Å². The number of morpholine rings is 1. The zero-order valence-corrected chi connectivity index (χ0v) is 19.3. The van der Waals surface area contributed by atoms with Gasteiger partial charge in [0.2, 0.25) is 0 Å². The molecule has 0 saturated carbocycles. The molecule has 3 heterocycles. The van der Waals surface area contributed by atoms with Crippen molar-refractivity contribution in [3.05, 3.63) is 21.9 Å². The van der Waals surface area contributed by atoms with Crippen LogP contribution in [-0.4, -0.2) is 82.7 Å². The molecule has 2 saturated heterocycles. The number of hydrogen-bond donors (Lipinski definition) is 2. The molecule has 3 rings (SSSR count). The van der Waals surface area contributed by atoms with Gasteiger partial charge in [-0.3, -0.25) is 9.89 Å². The molecule has 2 N–H and O–H groups in total. The number of guanidine groups is 1. The Hall–Kier alpha value is -1.19. The molecule has 8 heteroatoms. The average molecular weight is 439 g/mol. The molecule has 1 aromatic heterocycles. The third-order valence-corrected chi connectivity index (χ3v) is 6.53. The fourth-order valence-corrected chi connectivity index (χ4v) is 4.80. The molecule has 0 aliphatic carbocycles. The molecule has 7 nitrogen and oxygen atoms in total. The number of aliphatic imine (C=N–C) groups is 1. The lowest BCUT2D eigenvalue weighted by atomic mass is 10.2. The van der Waals surface area contributed by atoms with E-state index in [-0.39, 0.29) is 0 Å². The van der Waals surface area contributed by atoms with E-state index in [1.165, 1.54) is 9.75 Å². The van der Waals surface area contributed by atoms with Gasteiger partial charge in [0.05, 0.1) is 38.5 Å². The Labute approximate surface area is 185 Å². The van der Waals surface area contributed by atoms with Crippen molar-refractivity contribution in [2.75, 3.05) is 65.8 Å². The van der Waals surface area contributed by atoms with E-state index >= 15 is 0 Å². The van der Waals surface area contributed by atoms with E-state index in [2.05, 4.69) is 41.5 Å². The van der Waals surface area contributed by atoms with Crippen molar-refractivity contribution in [2.45, 2.75) is 45.3 Å². The molecule has 0 radical (unpaired) electrons. The number of nitrogens with zero attached hydrogens (tertiary/aromatic N) is 2. The monoisotopic (exact) mass is 438 g/mol. The highest BCUT2D eigenvalue weighted by Crippen LogP contribution is 2.28. The zero-order valence-electron chi connectivity index (χ0n) is 18.5. The van der Waals surface area contributed by atoms with Crippen LogP contribution in [0.25, 0.3) is 0 Å². The summed E-state index contributed by atoms with van der Waals surface area (Å²) in [4.78, 5) is 10.1. The third kappa shape index (κ3) is 7.81. The first-order chi connectivity index (χ1) is 14.8. The maximum Gasteiger partial charge on any atom is 0.191 e. The van der Waals surface area contributed by atoms with Crippen LogP contribution in [0, 0.1) is 6.92 Å². The van der Waals surface area contributed by atoms with Crippen LogP contribution in [0.5, 0.6) is 0 Å². The van der Waals surface area contributed by atoms with Crippen molar-refractivity contribution in [1.29, 1.82) is 0 Å². The summed E-state index contributed by atoms with van der Waals surface area (Å²) in [5.41, 5.74) is 0. The number of rotatable bonds is 11. The second kappa shape index (κ2) is 13.3. The lowest BCUT2D eigenvalue weighted by molar-refractivity contribution is 0.0168. The highest BCUT2D eigenvalue weighted by molar-refractivity contribution is 7.12. The Balaban J connectivity index is 1.46. The molecule has 0 bridgehead atoms. The quantitative estimate of drug-likeness (QED) is 0.314. The Morgan fingerprint density at radius 2 is 2.17 bits per heavy atom. The van der Waals surface area contributed by atoms with Gasteiger partial charge >= 0.3 is 0 Å². The molecule has 2 aliphatic heterocycles. The van der Waals surface area contributed by atoms with Gasteiger partial charge in [-0.25, -0.2) is 0 Å². The second-order valence-electron chi connectivity index (χ2n) is 7.82. The van der Waals surface area contributed by atoms with Crippen molar-refractivity contribution in [2.24, 2.45) is 4.99 Å². The van der Waals surface area contributed by atoms with Gasteiger partial charge in [-0.05, 0) is 45.2 Å². The van der Waals surface area contributed by atoms with Crippen LogP contribution in [-0.2, 0) is 14.2 Å². The molecule has 0 aromatic carbocycles. The molecular weight excluding hydrogens is 400 g/mol. The van der Waals surface area contributed by atoms with Gasteiger partial charge in [0.25, 0.3) is 0 Å². The average Bonchev–Trinajstić information content (AvgIpc) is 3.43. The first kappa shape index (κ1) is 23.5. The van der Waals surface area contributed by atoms with Crippen LogP contribution < -0.4 is 10.6 Å². The van der Waals surface area contributed by atoms with Crippen LogP contribution in [0.1, 0.15) is 42.0 Å². The van der Waals surface area contributed by atoms with E-state index in [0.29, 0.717) is 12.1 Å². The standard InChI is InChI=1S/C22H38N4O3S/c1-3-23-22(24-9-5-12-28-17-19-6-4-13-29-19)25-16-20(21-8-7-18(2)30-21)26-10-14-27-15-11-26/h7-8,19-20H,3-6,9-17H2,1-2H3,(H2,23,24,25). The van der Waals surface area contributed by atoms with Gasteiger partial charge in [-0.15, -0.1) is 11.3 Å². The molecule has 30 heavy (non-hydrogen) atoms. The molecule has 170 valence electrons. The zero-order chi connectivity index (χ0) is 21.0. The normalized spacial score (nSPS) is 21.7. The smallest absolute Gasteiger partial charge is 0.191 e. The summed E-state index contributed by atoms with van der Waals surface area (Å²) < 4.78 is 16.9. The predicted octanol–water partition coefficient (Wildman–Crippen LogP) is 2.57. The minimum Gasteiger partial charge on any atom is -0.379 e. The molecule has 2 fully saturated rings. The molecule has 2 aliphatic rings. The number of nitrogens with one attached hydrogen (secondary N) is 2. The van der Waals surface area contributed by atoms with Crippen molar-refractivity contribution >= 4 is 17.3 Å². The van der Waals surface area contributed by atoms with E-state index in [9.17, 15) is 0 Å². The Morgan fingerprint density at radius 3 is 2.87 bits per heavy atom. The summed E-state index contributed by atoms with van der Waals surface area (Å²) >= 11 is 1.87. The van der Waals surface area contributed by atoms with E-state index in [1.54, 1.807) is 0 Å². The van der Waals surface area contributed by atoms with Gasteiger partial charge in [0.15, 0.2) is 5.96 Å². The largest absolute Gasteiger partial charge is 0.379 e. The summed E-state index contributed by atoms with van der Waals surface area (Å²) in [5.74, 6) is 0.878. The van der Waals surface area contributed by atoms with Crippen molar-refractivity contribution in [1.82, 2.24) is 15.5 Å². The van der Waals surface area contributed by atoms with Gasteiger partial charge in [0, 0.05) is 49.1 Å². The summed E-state index contributed by atoms with van der Waals surface area (Å²) in [6.45, 7) is 12.6. The maximum atomic E-state index is 5.75. The fourth-order valence-electron chi connectivity index (χ4n) is 3.80. The van der Waals surface area contributed by atoms with Crippen LogP contribution in [0.4, 0.5) is 0 Å². The lowest BCUT2D eigenvalue weighted by Gasteiger charge is -2.33. The molecule has 2 unspecified atom stereocenters. The van der Waals surface area contributed by atoms with Crippen LogP contribution >= 0.6 is 11.3 Å². The van der Waals surface area contributed by atoms with Crippen LogP contribution in [0.2, 0.25) is 0 Å². The molecule has 2 atom stereocenters.